The molecule has 0 unspecified atom stereocenters. The van der Waals surface area contributed by atoms with Crippen LogP contribution in [-0.2, 0) is 28.6 Å². The van der Waals surface area contributed by atoms with Gasteiger partial charge in [0.2, 0.25) is 0 Å². The highest BCUT2D eigenvalue weighted by atomic mass is 16.6. The molecule has 376 valence electrons. The maximum atomic E-state index is 12.8. The number of carbonyl (C=O) groups excluding carboxylic acids is 3. The second-order valence-corrected chi connectivity index (χ2v) is 19.2. The fourth-order valence-electron chi connectivity index (χ4n) is 8.37. The molecule has 0 rings (SSSR count). The monoisotopic (exact) mass is 901 g/mol. The quantitative estimate of drug-likeness (QED) is 0.0262. The van der Waals surface area contributed by atoms with Crippen LogP contribution in [-0.4, -0.2) is 37.2 Å². The van der Waals surface area contributed by atoms with Crippen molar-refractivity contribution in [3.8, 4) is 0 Å². The third kappa shape index (κ3) is 50.9. The van der Waals surface area contributed by atoms with Gasteiger partial charge in [0.1, 0.15) is 13.2 Å². The molecule has 0 saturated carbocycles. The van der Waals surface area contributed by atoms with Gasteiger partial charge in [0.25, 0.3) is 0 Å². The van der Waals surface area contributed by atoms with Crippen LogP contribution in [0.2, 0.25) is 0 Å². The zero-order valence-electron chi connectivity index (χ0n) is 43.1. The second-order valence-electron chi connectivity index (χ2n) is 19.2. The van der Waals surface area contributed by atoms with E-state index in [1.165, 1.54) is 205 Å². The van der Waals surface area contributed by atoms with Gasteiger partial charge in [0.05, 0.1) is 0 Å². The molecule has 0 fully saturated rings. The Morgan fingerprint density at radius 2 is 0.516 bits per heavy atom. The van der Waals surface area contributed by atoms with E-state index in [1.807, 2.05) is 0 Å². The van der Waals surface area contributed by atoms with Crippen molar-refractivity contribution in [3.63, 3.8) is 0 Å². The van der Waals surface area contributed by atoms with Crippen LogP contribution in [0.15, 0.2) is 24.3 Å². The molecule has 0 aromatic carbocycles. The Hall–Kier alpha value is -2.11. The maximum Gasteiger partial charge on any atom is 0.306 e. The Labute approximate surface area is 398 Å². The van der Waals surface area contributed by atoms with Crippen molar-refractivity contribution in [1.82, 2.24) is 0 Å². The van der Waals surface area contributed by atoms with E-state index in [0.29, 0.717) is 19.3 Å². The predicted octanol–water partition coefficient (Wildman–Crippen LogP) is 18.7. The van der Waals surface area contributed by atoms with Gasteiger partial charge in [0.15, 0.2) is 6.10 Å². The molecule has 64 heavy (non-hydrogen) atoms. The van der Waals surface area contributed by atoms with Crippen LogP contribution in [0.1, 0.15) is 310 Å². The Morgan fingerprint density at radius 1 is 0.297 bits per heavy atom. The van der Waals surface area contributed by atoms with Crippen molar-refractivity contribution >= 4 is 17.9 Å². The zero-order valence-corrected chi connectivity index (χ0v) is 43.1. The third-order valence-corrected chi connectivity index (χ3v) is 12.7. The van der Waals surface area contributed by atoms with Crippen LogP contribution in [0.4, 0.5) is 0 Å². The molecular formula is C58H108O6. The molecule has 6 nitrogen and oxygen atoms in total. The molecule has 0 saturated heterocycles. The van der Waals surface area contributed by atoms with Crippen LogP contribution in [0.25, 0.3) is 0 Å². The average molecular weight is 901 g/mol. The Morgan fingerprint density at radius 3 is 0.781 bits per heavy atom. The summed E-state index contributed by atoms with van der Waals surface area (Å²) >= 11 is 0. The topological polar surface area (TPSA) is 78.9 Å². The molecule has 0 spiro atoms. The predicted molar refractivity (Wildman–Crippen MR) is 275 cm³/mol. The number of unbranched alkanes of at least 4 members (excludes halogenated alkanes) is 37. The van der Waals surface area contributed by atoms with E-state index in [0.717, 1.165) is 64.2 Å². The first-order valence-electron chi connectivity index (χ1n) is 28.3. The molecule has 0 bridgehead atoms. The first-order valence-corrected chi connectivity index (χ1v) is 28.3. The number of hydrogen-bond donors (Lipinski definition) is 0. The van der Waals surface area contributed by atoms with Crippen LogP contribution in [0, 0.1) is 0 Å². The molecule has 6 heteroatoms. The van der Waals surface area contributed by atoms with Crippen molar-refractivity contribution in [1.29, 1.82) is 0 Å². The zero-order chi connectivity index (χ0) is 46.5. The summed E-state index contributed by atoms with van der Waals surface area (Å²) in [6, 6.07) is 0. The van der Waals surface area contributed by atoms with Gasteiger partial charge in [0, 0.05) is 19.3 Å². The van der Waals surface area contributed by atoms with E-state index in [4.69, 9.17) is 14.2 Å². The van der Waals surface area contributed by atoms with Gasteiger partial charge >= 0.3 is 17.9 Å². The number of rotatable bonds is 52. The highest BCUT2D eigenvalue weighted by Gasteiger charge is 2.19. The largest absolute Gasteiger partial charge is 0.462 e. The summed E-state index contributed by atoms with van der Waals surface area (Å²) in [4.78, 5) is 38.1. The van der Waals surface area contributed by atoms with Crippen molar-refractivity contribution in [2.75, 3.05) is 13.2 Å². The number of esters is 3. The van der Waals surface area contributed by atoms with Gasteiger partial charge in [-0.15, -0.1) is 0 Å². The van der Waals surface area contributed by atoms with Gasteiger partial charge in [-0.25, -0.2) is 0 Å². The highest BCUT2D eigenvalue weighted by molar-refractivity contribution is 5.71. The number of ether oxygens (including phenoxy) is 3. The lowest BCUT2D eigenvalue weighted by molar-refractivity contribution is -0.167. The first kappa shape index (κ1) is 61.9. The standard InChI is InChI=1S/C58H108O6/c1-4-7-10-13-16-19-22-25-27-28-29-30-31-34-36-39-42-45-48-51-57(60)63-54-55(53-62-56(59)50-47-44-41-38-35-32-24-21-18-15-12-9-6-3)64-58(61)52-49-46-43-40-37-33-26-23-20-17-14-11-8-5-2/h23,25-27,55H,4-22,24,28-54H2,1-3H3/b26-23+,27-25+/t55-/m1/s1. The lowest BCUT2D eigenvalue weighted by Gasteiger charge is -2.18. The SMILES string of the molecule is CCCCCCC/C=C/CCCCCCCC(=O)O[C@@H](COC(=O)CCCCCCCCCCC/C=C/CCCCCCCC)COC(=O)CCCCCCCCCCCCCCC. The van der Waals surface area contributed by atoms with Gasteiger partial charge in [-0.2, -0.15) is 0 Å². The van der Waals surface area contributed by atoms with Crippen molar-refractivity contribution in [2.45, 2.75) is 316 Å². The summed E-state index contributed by atoms with van der Waals surface area (Å²) < 4.78 is 16.9. The molecule has 0 radical (unpaired) electrons. The van der Waals surface area contributed by atoms with E-state index >= 15 is 0 Å². The number of carbonyl (C=O) groups is 3. The summed E-state index contributed by atoms with van der Waals surface area (Å²) in [6.07, 6.45) is 61.6. The maximum absolute atomic E-state index is 12.8. The lowest BCUT2D eigenvalue weighted by Crippen LogP contribution is -2.30. The summed E-state index contributed by atoms with van der Waals surface area (Å²) in [6.45, 7) is 6.66. The molecule has 0 aromatic heterocycles. The number of allylic oxidation sites excluding steroid dienone is 4. The molecular weight excluding hydrogens is 793 g/mol. The van der Waals surface area contributed by atoms with Gasteiger partial charge < -0.3 is 14.2 Å². The van der Waals surface area contributed by atoms with Gasteiger partial charge in [-0.05, 0) is 70.6 Å². The number of hydrogen-bond acceptors (Lipinski definition) is 6. The summed E-state index contributed by atoms with van der Waals surface area (Å²) in [5, 5.41) is 0. The Bertz CT molecular complexity index is 1040. The third-order valence-electron chi connectivity index (χ3n) is 12.7. The normalized spacial score (nSPS) is 12.1. The molecule has 0 aromatic rings. The summed E-state index contributed by atoms with van der Waals surface area (Å²) in [5.74, 6) is -0.864. The molecule has 0 aliphatic carbocycles. The fraction of sp³-hybridized carbons (Fsp3) is 0.879. The van der Waals surface area contributed by atoms with E-state index < -0.39 is 6.10 Å². The van der Waals surface area contributed by atoms with Crippen molar-refractivity contribution < 1.29 is 28.6 Å². The van der Waals surface area contributed by atoms with Crippen molar-refractivity contribution in [3.05, 3.63) is 24.3 Å². The van der Waals surface area contributed by atoms with E-state index in [1.54, 1.807) is 0 Å². The van der Waals surface area contributed by atoms with Crippen LogP contribution in [0.3, 0.4) is 0 Å². The fourth-order valence-corrected chi connectivity index (χ4v) is 8.37. The minimum Gasteiger partial charge on any atom is -0.462 e. The van der Waals surface area contributed by atoms with E-state index in [-0.39, 0.29) is 31.1 Å². The van der Waals surface area contributed by atoms with Crippen LogP contribution >= 0.6 is 0 Å². The minimum atomic E-state index is -0.772. The molecule has 1 atom stereocenters. The Balaban J connectivity index is 4.31. The summed E-state index contributed by atoms with van der Waals surface area (Å²) in [5.41, 5.74) is 0. The lowest BCUT2D eigenvalue weighted by atomic mass is 10.0. The molecule has 0 amide bonds. The van der Waals surface area contributed by atoms with E-state index in [9.17, 15) is 14.4 Å². The first-order chi connectivity index (χ1) is 31.5. The van der Waals surface area contributed by atoms with Crippen LogP contribution < -0.4 is 0 Å². The van der Waals surface area contributed by atoms with E-state index in [2.05, 4.69) is 45.1 Å². The van der Waals surface area contributed by atoms with Gasteiger partial charge in [-0.3, -0.25) is 14.4 Å². The van der Waals surface area contributed by atoms with Gasteiger partial charge in [-0.1, -0.05) is 244 Å². The van der Waals surface area contributed by atoms with Crippen molar-refractivity contribution in [2.24, 2.45) is 0 Å². The van der Waals surface area contributed by atoms with Crippen LogP contribution in [0.5, 0.6) is 0 Å². The summed E-state index contributed by atoms with van der Waals surface area (Å²) in [7, 11) is 0. The average Bonchev–Trinajstić information content (AvgIpc) is 3.29. The second kappa shape index (κ2) is 53.5. The molecule has 0 heterocycles. The highest BCUT2D eigenvalue weighted by Crippen LogP contribution is 2.16. The Kier molecular flexibility index (Phi) is 51.7. The molecule has 0 N–H and O–H groups in total. The molecule has 0 aliphatic heterocycles. The molecule has 0 aliphatic rings. The minimum absolute atomic E-state index is 0.0709. The smallest absolute Gasteiger partial charge is 0.306 e.